The highest BCUT2D eigenvalue weighted by atomic mass is 16.3. The summed E-state index contributed by atoms with van der Waals surface area (Å²) in [6.07, 6.45) is 7.29. The van der Waals surface area contributed by atoms with Gasteiger partial charge in [-0.15, -0.1) is 0 Å². The maximum absolute atomic E-state index is 12.6. The average molecular weight is 349 g/mol. The van der Waals surface area contributed by atoms with Crippen molar-refractivity contribution < 1.29 is 14.7 Å². The number of piperidine rings is 1. The molecule has 3 amide bonds. The molecule has 1 aliphatic heterocycles. The van der Waals surface area contributed by atoms with E-state index in [4.69, 9.17) is 0 Å². The topological polar surface area (TPSA) is 90.7 Å². The second kappa shape index (κ2) is 7.86. The largest absolute Gasteiger partial charge is 0.395 e. The van der Waals surface area contributed by atoms with Crippen LogP contribution < -0.4 is 5.32 Å². The zero-order chi connectivity index (χ0) is 17.8. The third kappa shape index (κ3) is 4.50. The Morgan fingerprint density at radius 1 is 1.40 bits per heavy atom. The summed E-state index contributed by atoms with van der Waals surface area (Å²) in [5.74, 6) is 1.21. The van der Waals surface area contributed by atoms with Gasteiger partial charge in [0.2, 0.25) is 5.91 Å². The second-order valence-electron chi connectivity index (χ2n) is 6.95. The number of aromatic nitrogens is 2. The van der Waals surface area contributed by atoms with Gasteiger partial charge in [-0.05, 0) is 25.7 Å². The number of hydrogen-bond acceptors (Lipinski definition) is 4. The Labute approximate surface area is 147 Å². The molecule has 138 valence electrons. The number of imidazole rings is 1. The molecule has 2 N–H and O–H groups in total. The Kier molecular flexibility index (Phi) is 5.57. The highest BCUT2D eigenvalue weighted by molar-refractivity contribution is 5.81. The molecule has 25 heavy (non-hydrogen) atoms. The highest BCUT2D eigenvalue weighted by Gasteiger charge is 2.35. The molecule has 0 spiro atoms. The van der Waals surface area contributed by atoms with Crippen LogP contribution in [-0.2, 0) is 18.4 Å². The Bertz CT molecular complexity index is 613. The number of aliphatic hydroxyl groups is 1. The zero-order valence-corrected chi connectivity index (χ0v) is 14.7. The van der Waals surface area contributed by atoms with Gasteiger partial charge in [-0.3, -0.25) is 4.79 Å². The zero-order valence-electron chi connectivity index (χ0n) is 14.7. The smallest absolute Gasteiger partial charge is 0.318 e. The number of rotatable bonds is 6. The molecule has 0 bridgehead atoms. The van der Waals surface area contributed by atoms with E-state index in [1.807, 2.05) is 22.7 Å². The maximum Gasteiger partial charge on any atom is 0.318 e. The van der Waals surface area contributed by atoms with Crippen molar-refractivity contribution >= 4 is 11.9 Å². The predicted octanol–water partition coefficient (Wildman–Crippen LogP) is 0.325. The molecular weight excluding hydrogens is 322 g/mol. The van der Waals surface area contributed by atoms with E-state index < -0.39 is 0 Å². The molecule has 2 heterocycles. The van der Waals surface area contributed by atoms with Crippen molar-refractivity contribution in [1.82, 2.24) is 24.7 Å². The van der Waals surface area contributed by atoms with Crippen LogP contribution >= 0.6 is 0 Å². The van der Waals surface area contributed by atoms with E-state index in [2.05, 4.69) is 10.3 Å². The Hall–Kier alpha value is -2.09. The number of aliphatic hydroxyl groups excluding tert-OH is 1. The van der Waals surface area contributed by atoms with Gasteiger partial charge in [-0.25, -0.2) is 9.78 Å². The van der Waals surface area contributed by atoms with Crippen LogP contribution in [0.4, 0.5) is 4.79 Å². The molecule has 2 fully saturated rings. The number of aryl methyl sites for hydroxylation is 1. The van der Waals surface area contributed by atoms with Crippen molar-refractivity contribution in [2.45, 2.75) is 38.3 Å². The average Bonchev–Trinajstić information content (AvgIpc) is 3.38. The number of nitrogens with one attached hydrogen (secondary N) is 1. The van der Waals surface area contributed by atoms with E-state index in [-0.39, 0.29) is 37.0 Å². The summed E-state index contributed by atoms with van der Waals surface area (Å²) in [4.78, 5) is 32.5. The van der Waals surface area contributed by atoms with Crippen LogP contribution in [0.2, 0.25) is 0 Å². The SMILES string of the molecule is Cn1ccnc1CN(CCO)C(=O)N[C@H]1CCCN(C(=O)C2CC2)C1. The van der Waals surface area contributed by atoms with Crippen molar-refractivity contribution in [3.05, 3.63) is 18.2 Å². The summed E-state index contributed by atoms with van der Waals surface area (Å²) < 4.78 is 1.86. The summed E-state index contributed by atoms with van der Waals surface area (Å²) >= 11 is 0. The first-order valence-electron chi connectivity index (χ1n) is 8.99. The predicted molar refractivity (Wildman–Crippen MR) is 91.6 cm³/mol. The lowest BCUT2D eigenvalue weighted by Crippen LogP contribution is -2.53. The number of hydrogen-bond donors (Lipinski definition) is 2. The van der Waals surface area contributed by atoms with E-state index in [1.165, 1.54) is 0 Å². The molecule has 1 saturated carbocycles. The Morgan fingerprint density at radius 3 is 2.84 bits per heavy atom. The molecule has 0 unspecified atom stereocenters. The number of urea groups is 1. The van der Waals surface area contributed by atoms with Crippen LogP contribution in [0, 0.1) is 5.92 Å². The molecular formula is C17H27N5O3. The third-order valence-electron chi connectivity index (χ3n) is 4.90. The molecule has 0 radical (unpaired) electrons. The molecule has 8 nitrogen and oxygen atoms in total. The minimum atomic E-state index is -0.220. The summed E-state index contributed by atoms with van der Waals surface area (Å²) in [7, 11) is 1.87. The molecule has 1 aromatic rings. The summed E-state index contributed by atoms with van der Waals surface area (Å²) in [5, 5.41) is 12.3. The van der Waals surface area contributed by atoms with E-state index >= 15 is 0 Å². The molecule has 1 aliphatic carbocycles. The van der Waals surface area contributed by atoms with Gasteiger partial charge in [-0.2, -0.15) is 0 Å². The first-order chi connectivity index (χ1) is 12.1. The van der Waals surface area contributed by atoms with Crippen LogP contribution in [0.1, 0.15) is 31.5 Å². The number of carbonyl (C=O) groups is 2. The fourth-order valence-corrected chi connectivity index (χ4v) is 3.24. The van der Waals surface area contributed by atoms with Gasteiger partial charge in [-0.1, -0.05) is 0 Å². The van der Waals surface area contributed by atoms with E-state index in [9.17, 15) is 14.7 Å². The van der Waals surface area contributed by atoms with Crippen LogP contribution in [0.3, 0.4) is 0 Å². The van der Waals surface area contributed by atoms with Gasteiger partial charge < -0.3 is 24.8 Å². The van der Waals surface area contributed by atoms with E-state index in [1.54, 1.807) is 11.1 Å². The molecule has 1 aromatic heterocycles. The van der Waals surface area contributed by atoms with Crippen LogP contribution in [-0.4, -0.2) is 68.7 Å². The van der Waals surface area contributed by atoms with Crippen molar-refractivity contribution in [2.24, 2.45) is 13.0 Å². The molecule has 1 saturated heterocycles. The van der Waals surface area contributed by atoms with Crippen molar-refractivity contribution in [3.63, 3.8) is 0 Å². The lowest BCUT2D eigenvalue weighted by Gasteiger charge is -2.34. The molecule has 8 heteroatoms. The Morgan fingerprint density at radius 2 is 2.20 bits per heavy atom. The van der Waals surface area contributed by atoms with Gasteiger partial charge in [0.05, 0.1) is 13.2 Å². The number of nitrogens with zero attached hydrogens (tertiary/aromatic N) is 4. The molecule has 0 aromatic carbocycles. The van der Waals surface area contributed by atoms with Crippen LogP contribution in [0.25, 0.3) is 0 Å². The second-order valence-corrected chi connectivity index (χ2v) is 6.95. The van der Waals surface area contributed by atoms with Gasteiger partial charge in [0, 0.05) is 51.0 Å². The standard InChI is InChI=1S/C17H27N5O3/c1-20-8-6-18-15(20)12-22(9-10-23)17(25)19-14-3-2-7-21(11-14)16(24)13-4-5-13/h6,8,13-14,23H,2-5,7,9-12H2,1H3,(H,19,25)/t14-/m0/s1. The van der Waals surface area contributed by atoms with Crippen molar-refractivity contribution in [2.75, 3.05) is 26.2 Å². The minimum absolute atomic E-state index is 0.0356. The first kappa shape index (κ1) is 17.7. The summed E-state index contributed by atoms with van der Waals surface area (Å²) in [5.41, 5.74) is 0. The fourth-order valence-electron chi connectivity index (χ4n) is 3.24. The van der Waals surface area contributed by atoms with Gasteiger partial charge in [0.1, 0.15) is 5.82 Å². The van der Waals surface area contributed by atoms with Crippen molar-refractivity contribution in [3.8, 4) is 0 Å². The third-order valence-corrected chi connectivity index (χ3v) is 4.90. The lowest BCUT2D eigenvalue weighted by atomic mass is 10.1. The van der Waals surface area contributed by atoms with Gasteiger partial charge in [0.25, 0.3) is 0 Å². The summed E-state index contributed by atoms with van der Waals surface area (Å²) in [6.45, 7) is 1.85. The Balaban J connectivity index is 1.56. The van der Waals surface area contributed by atoms with E-state index in [0.29, 0.717) is 13.1 Å². The fraction of sp³-hybridized carbons (Fsp3) is 0.706. The number of likely N-dealkylation sites (tertiary alicyclic amines) is 1. The highest BCUT2D eigenvalue weighted by Crippen LogP contribution is 2.31. The maximum atomic E-state index is 12.6. The van der Waals surface area contributed by atoms with Crippen LogP contribution in [0.5, 0.6) is 0 Å². The minimum Gasteiger partial charge on any atom is -0.395 e. The van der Waals surface area contributed by atoms with Gasteiger partial charge >= 0.3 is 6.03 Å². The van der Waals surface area contributed by atoms with Crippen molar-refractivity contribution in [1.29, 1.82) is 0 Å². The first-order valence-corrected chi connectivity index (χ1v) is 8.99. The van der Waals surface area contributed by atoms with E-state index in [0.717, 1.165) is 38.1 Å². The quantitative estimate of drug-likeness (QED) is 0.774. The van der Waals surface area contributed by atoms with Gasteiger partial charge in [0.15, 0.2) is 0 Å². The number of carbonyl (C=O) groups excluding carboxylic acids is 2. The van der Waals surface area contributed by atoms with Crippen LogP contribution in [0.15, 0.2) is 12.4 Å². The monoisotopic (exact) mass is 349 g/mol. The lowest BCUT2D eigenvalue weighted by molar-refractivity contribution is -0.133. The summed E-state index contributed by atoms with van der Waals surface area (Å²) in [6, 6.07) is -0.255. The molecule has 1 atom stereocenters. The normalized spacial score (nSPS) is 20.4. The molecule has 3 rings (SSSR count). The number of amides is 3. The molecule has 2 aliphatic rings.